The number of carbonyl (C=O) groups excluding carboxylic acids is 1. The molecule has 21 heavy (non-hydrogen) atoms. The average Bonchev–Trinajstić information content (AvgIpc) is 2.48. The Labute approximate surface area is 126 Å². The van der Waals surface area contributed by atoms with E-state index in [-0.39, 0.29) is 11.4 Å². The van der Waals surface area contributed by atoms with Crippen molar-refractivity contribution in [1.29, 1.82) is 0 Å². The predicted molar refractivity (Wildman–Crippen MR) is 81.3 cm³/mol. The Bertz CT molecular complexity index is 533. The Hall–Kier alpha value is -1.55. The molecule has 0 saturated carbocycles. The third-order valence-corrected chi connectivity index (χ3v) is 4.59. The van der Waals surface area contributed by atoms with Crippen LogP contribution in [0.2, 0.25) is 0 Å². The number of fused-ring (bicyclic) bond motifs is 1. The molecule has 1 saturated heterocycles. The van der Waals surface area contributed by atoms with Crippen molar-refractivity contribution in [3.63, 3.8) is 0 Å². The van der Waals surface area contributed by atoms with Crippen LogP contribution in [0.15, 0.2) is 18.2 Å². The number of ketones is 1. The van der Waals surface area contributed by atoms with Crippen molar-refractivity contribution in [1.82, 2.24) is 4.90 Å². The molecule has 0 N–H and O–H groups in total. The standard InChI is InChI=1S/C17H23NO3/c1-3-18-9-7-17(8-10-18)12-15(19)14-6-5-13(20-4-2)11-16(14)21-17/h5-6,11H,3-4,7-10,12H2,1-2H3. The number of hydrogen-bond donors (Lipinski definition) is 0. The largest absolute Gasteiger partial charge is 0.494 e. The van der Waals surface area contributed by atoms with Crippen LogP contribution in [0, 0.1) is 0 Å². The minimum Gasteiger partial charge on any atom is -0.494 e. The van der Waals surface area contributed by atoms with Crippen LogP contribution in [0.1, 0.15) is 43.5 Å². The number of piperidine rings is 1. The fraction of sp³-hybridized carbons (Fsp3) is 0.588. The van der Waals surface area contributed by atoms with Crippen LogP contribution in [-0.2, 0) is 0 Å². The Morgan fingerprint density at radius 2 is 2.05 bits per heavy atom. The zero-order valence-corrected chi connectivity index (χ0v) is 12.9. The van der Waals surface area contributed by atoms with Gasteiger partial charge in [-0.3, -0.25) is 4.79 Å². The zero-order chi connectivity index (χ0) is 14.9. The number of rotatable bonds is 3. The Balaban J connectivity index is 1.83. The van der Waals surface area contributed by atoms with Gasteiger partial charge in [0.15, 0.2) is 5.78 Å². The highest BCUT2D eigenvalue weighted by atomic mass is 16.5. The molecule has 2 aliphatic heterocycles. The molecule has 0 atom stereocenters. The number of Topliss-reactive ketones (excluding diaryl/α,β-unsaturated/α-hetero) is 1. The summed E-state index contributed by atoms with van der Waals surface area (Å²) in [5.41, 5.74) is 0.391. The number of likely N-dealkylation sites (tertiary alicyclic amines) is 1. The van der Waals surface area contributed by atoms with E-state index in [1.165, 1.54) is 0 Å². The van der Waals surface area contributed by atoms with E-state index in [2.05, 4.69) is 11.8 Å². The average molecular weight is 289 g/mol. The summed E-state index contributed by atoms with van der Waals surface area (Å²) in [6.07, 6.45) is 2.35. The molecular formula is C17H23NO3. The molecule has 4 heteroatoms. The SMILES string of the molecule is CCOc1ccc2c(c1)OC1(CCN(CC)CC1)CC2=O. The van der Waals surface area contributed by atoms with E-state index < -0.39 is 0 Å². The molecule has 1 fully saturated rings. The van der Waals surface area contributed by atoms with E-state index in [0.717, 1.165) is 38.2 Å². The molecule has 2 aliphatic rings. The van der Waals surface area contributed by atoms with Crippen molar-refractivity contribution in [3.05, 3.63) is 23.8 Å². The summed E-state index contributed by atoms with van der Waals surface area (Å²) in [5, 5.41) is 0. The van der Waals surface area contributed by atoms with Gasteiger partial charge in [-0.05, 0) is 25.6 Å². The second kappa shape index (κ2) is 5.68. The lowest BCUT2D eigenvalue weighted by molar-refractivity contribution is -0.00794. The molecule has 1 aromatic rings. The van der Waals surface area contributed by atoms with Crippen molar-refractivity contribution in [2.45, 2.75) is 38.7 Å². The van der Waals surface area contributed by atoms with Gasteiger partial charge in [0.25, 0.3) is 0 Å². The van der Waals surface area contributed by atoms with E-state index >= 15 is 0 Å². The highest BCUT2D eigenvalue weighted by Gasteiger charge is 2.42. The van der Waals surface area contributed by atoms with Gasteiger partial charge in [-0.15, -0.1) is 0 Å². The van der Waals surface area contributed by atoms with Crippen LogP contribution in [0.5, 0.6) is 11.5 Å². The third-order valence-electron chi connectivity index (χ3n) is 4.59. The molecule has 114 valence electrons. The molecule has 2 heterocycles. The lowest BCUT2D eigenvalue weighted by atomic mass is 9.82. The second-order valence-corrected chi connectivity index (χ2v) is 5.91. The van der Waals surface area contributed by atoms with Gasteiger partial charge in [-0.25, -0.2) is 0 Å². The molecule has 4 nitrogen and oxygen atoms in total. The normalized spacial score (nSPS) is 21.0. The third kappa shape index (κ3) is 2.77. The van der Waals surface area contributed by atoms with E-state index in [1.54, 1.807) is 0 Å². The predicted octanol–water partition coefficient (Wildman–Crippen LogP) is 2.91. The minimum absolute atomic E-state index is 0.198. The molecule has 1 spiro atoms. The molecule has 3 rings (SSSR count). The smallest absolute Gasteiger partial charge is 0.170 e. The summed E-state index contributed by atoms with van der Waals surface area (Å²) in [7, 11) is 0. The van der Waals surface area contributed by atoms with E-state index in [4.69, 9.17) is 9.47 Å². The monoisotopic (exact) mass is 289 g/mol. The summed E-state index contributed by atoms with van der Waals surface area (Å²) in [4.78, 5) is 14.9. The summed E-state index contributed by atoms with van der Waals surface area (Å²) < 4.78 is 11.8. The van der Waals surface area contributed by atoms with Gasteiger partial charge in [0.1, 0.15) is 17.1 Å². The van der Waals surface area contributed by atoms with Gasteiger partial charge in [0.2, 0.25) is 0 Å². The zero-order valence-electron chi connectivity index (χ0n) is 12.9. The number of nitrogens with zero attached hydrogens (tertiary/aromatic N) is 1. The molecule has 1 aromatic carbocycles. The van der Waals surface area contributed by atoms with E-state index in [1.807, 2.05) is 25.1 Å². The van der Waals surface area contributed by atoms with Crippen LogP contribution in [0.4, 0.5) is 0 Å². The first kappa shape index (κ1) is 14.4. The fourth-order valence-electron chi connectivity index (χ4n) is 3.29. The summed E-state index contributed by atoms with van der Waals surface area (Å²) in [6.45, 7) is 7.81. The van der Waals surface area contributed by atoms with E-state index in [0.29, 0.717) is 24.3 Å². The van der Waals surface area contributed by atoms with E-state index in [9.17, 15) is 4.79 Å². The van der Waals surface area contributed by atoms with Crippen molar-refractivity contribution in [2.75, 3.05) is 26.2 Å². The van der Waals surface area contributed by atoms with Gasteiger partial charge >= 0.3 is 0 Å². The highest BCUT2D eigenvalue weighted by Crippen LogP contribution is 2.40. The number of benzene rings is 1. The summed E-state index contributed by atoms with van der Waals surface area (Å²) in [6, 6.07) is 5.54. The quantitative estimate of drug-likeness (QED) is 0.857. The van der Waals surface area contributed by atoms with Gasteiger partial charge in [-0.2, -0.15) is 0 Å². The van der Waals surface area contributed by atoms with Crippen molar-refractivity contribution >= 4 is 5.78 Å². The lowest BCUT2D eigenvalue weighted by Crippen LogP contribution is -2.50. The maximum Gasteiger partial charge on any atom is 0.170 e. The van der Waals surface area contributed by atoms with Crippen LogP contribution in [0.3, 0.4) is 0 Å². The molecular weight excluding hydrogens is 266 g/mol. The molecule has 0 unspecified atom stereocenters. The Morgan fingerprint density at radius 1 is 1.29 bits per heavy atom. The van der Waals surface area contributed by atoms with Crippen LogP contribution < -0.4 is 9.47 Å². The Kier molecular flexibility index (Phi) is 3.89. The maximum absolute atomic E-state index is 12.4. The molecule has 0 aliphatic carbocycles. The summed E-state index contributed by atoms with van der Waals surface area (Å²) >= 11 is 0. The van der Waals surface area contributed by atoms with Gasteiger partial charge in [-0.1, -0.05) is 6.92 Å². The maximum atomic E-state index is 12.4. The van der Waals surface area contributed by atoms with Crippen LogP contribution >= 0.6 is 0 Å². The number of ether oxygens (including phenoxy) is 2. The molecule has 0 bridgehead atoms. The summed E-state index contributed by atoms with van der Waals surface area (Å²) in [5.74, 6) is 1.67. The van der Waals surface area contributed by atoms with Crippen LogP contribution in [-0.4, -0.2) is 42.5 Å². The molecule has 0 aromatic heterocycles. The van der Waals surface area contributed by atoms with Gasteiger partial charge < -0.3 is 14.4 Å². The first-order valence-corrected chi connectivity index (χ1v) is 7.87. The first-order valence-electron chi connectivity index (χ1n) is 7.87. The second-order valence-electron chi connectivity index (χ2n) is 5.91. The molecule has 0 amide bonds. The fourth-order valence-corrected chi connectivity index (χ4v) is 3.29. The Morgan fingerprint density at radius 3 is 2.71 bits per heavy atom. The van der Waals surface area contributed by atoms with Crippen LogP contribution in [0.25, 0.3) is 0 Å². The number of carbonyl (C=O) groups is 1. The lowest BCUT2D eigenvalue weighted by Gasteiger charge is -2.43. The first-order chi connectivity index (χ1) is 10.2. The van der Waals surface area contributed by atoms with Crippen molar-refractivity contribution in [2.24, 2.45) is 0 Å². The minimum atomic E-state index is -0.305. The topological polar surface area (TPSA) is 38.8 Å². The van der Waals surface area contributed by atoms with Gasteiger partial charge in [0, 0.05) is 32.0 Å². The number of hydrogen-bond acceptors (Lipinski definition) is 4. The van der Waals surface area contributed by atoms with Crippen molar-refractivity contribution < 1.29 is 14.3 Å². The van der Waals surface area contributed by atoms with Crippen molar-refractivity contribution in [3.8, 4) is 11.5 Å². The van der Waals surface area contributed by atoms with Gasteiger partial charge in [0.05, 0.1) is 18.6 Å². The highest BCUT2D eigenvalue weighted by molar-refractivity contribution is 6.00. The molecule has 0 radical (unpaired) electrons.